The average molecular weight is 358 g/mol. The first kappa shape index (κ1) is 16.5. The standard InChI is InChI=1S/C18H22N4O2S/c1-12-2-3-13(16(23)21-12)17(24)22(11-15-20-8-9-25-15)14-10-18(14)4-6-19-7-5-18/h2-3,8-9,14,19H,4-7,10-11H2,1H3,(H,21,23). The van der Waals surface area contributed by atoms with E-state index >= 15 is 0 Å². The average Bonchev–Trinajstić information content (AvgIpc) is 3.04. The molecular formula is C18H22N4O2S. The number of rotatable bonds is 4. The molecule has 2 aromatic rings. The molecule has 1 amide bonds. The summed E-state index contributed by atoms with van der Waals surface area (Å²) in [7, 11) is 0. The van der Waals surface area contributed by atoms with Crippen LogP contribution in [0, 0.1) is 12.3 Å². The van der Waals surface area contributed by atoms with Crippen molar-refractivity contribution in [3.63, 3.8) is 0 Å². The molecule has 7 heteroatoms. The number of amides is 1. The number of aryl methyl sites for hydroxylation is 1. The molecule has 4 rings (SSSR count). The second kappa shape index (κ2) is 6.38. The van der Waals surface area contributed by atoms with Crippen LogP contribution in [0.4, 0.5) is 0 Å². The van der Waals surface area contributed by atoms with Crippen molar-refractivity contribution in [1.82, 2.24) is 20.2 Å². The van der Waals surface area contributed by atoms with Crippen molar-refractivity contribution in [2.45, 2.75) is 38.8 Å². The molecule has 1 unspecified atom stereocenters. The van der Waals surface area contributed by atoms with Gasteiger partial charge in [-0.05, 0) is 56.8 Å². The van der Waals surface area contributed by atoms with Gasteiger partial charge in [-0.2, -0.15) is 0 Å². The molecule has 1 aliphatic heterocycles. The molecule has 0 bridgehead atoms. The monoisotopic (exact) mass is 358 g/mol. The molecule has 2 N–H and O–H groups in total. The maximum Gasteiger partial charge on any atom is 0.260 e. The summed E-state index contributed by atoms with van der Waals surface area (Å²) < 4.78 is 0. The van der Waals surface area contributed by atoms with Gasteiger partial charge in [-0.15, -0.1) is 11.3 Å². The highest BCUT2D eigenvalue weighted by Gasteiger charge is 2.58. The third kappa shape index (κ3) is 3.14. The highest BCUT2D eigenvalue weighted by Crippen LogP contribution is 2.56. The number of hydrogen-bond acceptors (Lipinski definition) is 5. The molecule has 3 heterocycles. The number of nitrogens with one attached hydrogen (secondary N) is 2. The molecule has 2 fully saturated rings. The summed E-state index contributed by atoms with van der Waals surface area (Å²) in [4.78, 5) is 34.4. The van der Waals surface area contributed by atoms with Crippen LogP contribution in [-0.4, -0.2) is 39.9 Å². The van der Waals surface area contributed by atoms with E-state index in [9.17, 15) is 9.59 Å². The molecule has 1 saturated heterocycles. The van der Waals surface area contributed by atoms with Crippen LogP contribution in [0.1, 0.15) is 40.3 Å². The zero-order chi connectivity index (χ0) is 17.4. The lowest BCUT2D eigenvalue weighted by Gasteiger charge is -2.29. The predicted molar refractivity (Wildman–Crippen MR) is 96.7 cm³/mol. The highest BCUT2D eigenvalue weighted by molar-refractivity contribution is 7.09. The first-order valence-electron chi connectivity index (χ1n) is 8.69. The number of H-pyrrole nitrogens is 1. The second-order valence-corrected chi connectivity index (χ2v) is 8.05. The largest absolute Gasteiger partial charge is 0.328 e. The molecule has 2 aromatic heterocycles. The van der Waals surface area contributed by atoms with Crippen LogP contribution in [0.25, 0.3) is 0 Å². The Labute approximate surface area is 150 Å². The fraction of sp³-hybridized carbons (Fsp3) is 0.500. The summed E-state index contributed by atoms with van der Waals surface area (Å²) in [6.07, 6.45) is 4.96. The van der Waals surface area contributed by atoms with Gasteiger partial charge >= 0.3 is 0 Å². The summed E-state index contributed by atoms with van der Waals surface area (Å²) >= 11 is 1.55. The zero-order valence-electron chi connectivity index (χ0n) is 14.2. The number of carbonyl (C=O) groups excluding carboxylic acids is 1. The van der Waals surface area contributed by atoms with E-state index in [-0.39, 0.29) is 28.5 Å². The number of thiazole rings is 1. The lowest BCUT2D eigenvalue weighted by Crippen LogP contribution is -2.40. The quantitative estimate of drug-likeness (QED) is 0.875. The van der Waals surface area contributed by atoms with Gasteiger partial charge in [0.2, 0.25) is 0 Å². The predicted octanol–water partition coefficient (Wildman–Crippen LogP) is 1.92. The van der Waals surface area contributed by atoms with E-state index in [0.717, 1.165) is 43.1 Å². The lowest BCUT2D eigenvalue weighted by molar-refractivity contribution is 0.0690. The van der Waals surface area contributed by atoms with Crippen molar-refractivity contribution in [2.24, 2.45) is 5.41 Å². The SMILES string of the molecule is Cc1ccc(C(=O)N(Cc2nccs2)C2CC23CCNCC3)c(=O)[nH]1. The van der Waals surface area contributed by atoms with Gasteiger partial charge in [0, 0.05) is 23.3 Å². The first-order valence-corrected chi connectivity index (χ1v) is 9.57. The maximum atomic E-state index is 13.2. The molecule has 1 aliphatic carbocycles. The lowest BCUT2D eigenvalue weighted by atomic mass is 9.93. The van der Waals surface area contributed by atoms with E-state index in [0.29, 0.717) is 6.54 Å². The Balaban J connectivity index is 1.63. The van der Waals surface area contributed by atoms with Crippen LogP contribution in [0.5, 0.6) is 0 Å². The molecule has 1 spiro atoms. The third-order valence-electron chi connectivity index (χ3n) is 5.46. The summed E-state index contributed by atoms with van der Waals surface area (Å²) in [6, 6.07) is 3.62. The van der Waals surface area contributed by atoms with E-state index in [1.54, 1.807) is 29.7 Å². The number of piperidine rings is 1. The molecule has 2 aliphatic rings. The number of nitrogens with zero attached hydrogens (tertiary/aromatic N) is 2. The fourth-order valence-corrected chi connectivity index (χ4v) is 4.54. The Kier molecular flexibility index (Phi) is 4.21. The van der Waals surface area contributed by atoms with Crippen molar-refractivity contribution in [2.75, 3.05) is 13.1 Å². The van der Waals surface area contributed by atoms with Gasteiger partial charge in [0.25, 0.3) is 11.5 Å². The van der Waals surface area contributed by atoms with Gasteiger partial charge in [0.1, 0.15) is 10.6 Å². The Morgan fingerprint density at radius 1 is 1.40 bits per heavy atom. The van der Waals surface area contributed by atoms with E-state index < -0.39 is 0 Å². The summed E-state index contributed by atoms with van der Waals surface area (Å²) in [5.74, 6) is -0.183. The minimum absolute atomic E-state index is 0.183. The molecule has 1 atom stereocenters. The van der Waals surface area contributed by atoms with Gasteiger partial charge in [-0.25, -0.2) is 4.98 Å². The van der Waals surface area contributed by atoms with Crippen LogP contribution in [-0.2, 0) is 6.54 Å². The summed E-state index contributed by atoms with van der Waals surface area (Å²) in [5, 5.41) is 6.22. The van der Waals surface area contributed by atoms with Gasteiger partial charge < -0.3 is 15.2 Å². The first-order chi connectivity index (χ1) is 12.1. The minimum Gasteiger partial charge on any atom is -0.328 e. The van der Waals surface area contributed by atoms with Gasteiger partial charge in [-0.1, -0.05) is 0 Å². The van der Waals surface area contributed by atoms with Crippen molar-refractivity contribution in [3.8, 4) is 0 Å². The van der Waals surface area contributed by atoms with E-state index in [1.165, 1.54) is 0 Å². The zero-order valence-corrected chi connectivity index (χ0v) is 15.1. The number of aromatic nitrogens is 2. The topological polar surface area (TPSA) is 78.1 Å². The van der Waals surface area contributed by atoms with Gasteiger partial charge in [0.05, 0.1) is 6.54 Å². The Bertz CT molecular complexity index is 824. The molecule has 0 radical (unpaired) electrons. The molecular weight excluding hydrogens is 336 g/mol. The van der Waals surface area contributed by atoms with Crippen molar-refractivity contribution >= 4 is 17.2 Å². The molecule has 6 nitrogen and oxygen atoms in total. The molecule has 132 valence electrons. The number of pyridine rings is 1. The maximum absolute atomic E-state index is 13.2. The van der Waals surface area contributed by atoms with Crippen molar-refractivity contribution in [3.05, 3.63) is 50.3 Å². The van der Waals surface area contributed by atoms with Crippen molar-refractivity contribution < 1.29 is 4.79 Å². The number of hydrogen-bond donors (Lipinski definition) is 2. The summed E-state index contributed by atoms with van der Waals surface area (Å²) in [6.45, 7) is 4.29. The Hall–Kier alpha value is -1.99. The van der Waals surface area contributed by atoms with Crippen LogP contribution in [0.3, 0.4) is 0 Å². The summed E-state index contributed by atoms with van der Waals surface area (Å²) in [5.41, 5.74) is 0.886. The van der Waals surface area contributed by atoms with Crippen LogP contribution < -0.4 is 10.9 Å². The van der Waals surface area contributed by atoms with Gasteiger partial charge in [0.15, 0.2) is 0 Å². The minimum atomic E-state index is -0.311. The third-order valence-corrected chi connectivity index (χ3v) is 6.22. The van der Waals surface area contributed by atoms with E-state index in [4.69, 9.17) is 0 Å². The van der Waals surface area contributed by atoms with E-state index in [1.807, 2.05) is 17.2 Å². The molecule has 25 heavy (non-hydrogen) atoms. The van der Waals surface area contributed by atoms with Crippen LogP contribution >= 0.6 is 11.3 Å². The highest BCUT2D eigenvalue weighted by atomic mass is 32.1. The molecule has 1 saturated carbocycles. The normalized spacial score (nSPS) is 21.2. The molecule has 0 aromatic carbocycles. The van der Waals surface area contributed by atoms with Crippen LogP contribution in [0.2, 0.25) is 0 Å². The van der Waals surface area contributed by atoms with Crippen molar-refractivity contribution in [1.29, 1.82) is 0 Å². The fourth-order valence-electron chi connectivity index (χ4n) is 3.92. The Morgan fingerprint density at radius 2 is 2.20 bits per heavy atom. The number of carbonyl (C=O) groups is 1. The second-order valence-electron chi connectivity index (χ2n) is 7.08. The van der Waals surface area contributed by atoms with E-state index in [2.05, 4.69) is 15.3 Å². The number of aromatic amines is 1. The Morgan fingerprint density at radius 3 is 2.88 bits per heavy atom. The van der Waals surface area contributed by atoms with Gasteiger partial charge in [-0.3, -0.25) is 9.59 Å². The van der Waals surface area contributed by atoms with Crippen LogP contribution in [0.15, 0.2) is 28.5 Å². The smallest absolute Gasteiger partial charge is 0.260 e.